The zero-order chi connectivity index (χ0) is 22.8. The molecular weight excluding hydrogens is 418 g/mol. The number of aromatic nitrogens is 2. The van der Waals surface area contributed by atoms with Crippen LogP contribution in [0.4, 0.5) is 4.79 Å². The minimum atomic E-state index is -0.293. The molecule has 3 heterocycles. The van der Waals surface area contributed by atoms with Crippen LogP contribution in [0.2, 0.25) is 0 Å². The number of fused-ring (bicyclic) bond motifs is 2. The summed E-state index contributed by atoms with van der Waals surface area (Å²) in [7, 11) is 0. The van der Waals surface area contributed by atoms with Gasteiger partial charge in [0.15, 0.2) is 0 Å². The number of aliphatic hydroxyl groups excluding tert-OH is 1. The topological polar surface area (TPSA) is 90.7 Å². The van der Waals surface area contributed by atoms with Crippen molar-refractivity contribution in [2.24, 2.45) is 5.92 Å². The van der Waals surface area contributed by atoms with E-state index < -0.39 is 0 Å². The van der Waals surface area contributed by atoms with Gasteiger partial charge in [0.25, 0.3) is 5.91 Å². The van der Waals surface area contributed by atoms with Crippen molar-refractivity contribution in [2.75, 3.05) is 26.2 Å². The first-order valence-electron chi connectivity index (χ1n) is 12.3. The number of carbonyl (C=O) groups excluding carboxylic acids is 2. The minimum absolute atomic E-state index is 0.0724. The Kier molecular flexibility index (Phi) is 6.35. The van der Waals surface area contributed by atoms with Crippen LogP contribution in [0, 0.1) is 5.92 Å². The van der Waals surface area contributed by atoms with Gasteiger partial charge in [0.05, 0.1) is 23.5 Å². The summed E-state index contributed by atoms with van der Waals surface area (Å²) in [4.78, 5) is 33.9. The fourth-order valence-corrected chi connectivity index (χ4v) is 5.39. The number of benzene rings is 1. The number of nitrogens with one attached hydrogen (secondary N) is 1. The predicted molar refractivity (Wildman–Crippen MR) is 126 cm³/mol. The van der Waals surface area contributed by atoms with E-state index in [1.807, 2.05) is 27.7 Å². The molecule has 0 radical (unpaired) electrons. The minimum Gasteiger partial charge on any atom is -0.393 e. The van der Waals surface area contributed by atoms with Crippen molar-refractivity contribution < 1.29 is 14.7 Å². The molecule has 5 rings (SSSR count). The smallest absolute Gasteiger partial charge is 0.317 e. The largest absolute Gasteiger partial charge is 0.393 e. The first-order valence-corrected chi connectivity index (χ1v) is 12.3. The van der Waals surface area contributed by atoms with Gasteiger partial charge in [-0.15, -0.1) is 0 Å². The molecule has 1 aromatic heterocycles. The van der Waals surface area contributed by atoms with E-state index in [9.17, 15) is 14.7 Å². The Labute approximate surface area is 194 Å². The summed E-state index contributed by atoms with van der Waals surface area (Å²) in [6.07, 6.45) is 10.7. The number of imidazole rings is 1. The average molecular weight is 452 g/mol. The second-order valence-electron chi connectivity index (χ2n) is 9.45. The Bertz CT molecular complexity index is 1050. The average Bonchev–Trinajstić information content (AvgIpc) is 3.26. The molecular formula is C25H33N5O3. The highest BCUT2D eigenvalue weighted by Gasteiger charge is 2.31. The van der Waals surface area contributed by atoms with Gasteiger partial charge in [-0.05, 0) is 69.1 Å². The van der Waals surface area contributed by atoms with Gasteiger partial charge in [0, 0.05) is 44.0 Å². The lowest BCUT2D eigenvalue weighted by molar-refractivity contribution is 0.0748. The Morgan fingerprint density at radius 2 is 1.91 bits per heavy atom. The third-order valence-corrected chi connectivity index (χ3v) is 7.27. The van der Waals surface area contributed by atoms with Crippen LogP contribution in [-0.2, 0) is 6.54 Å². The first kappa shape index (κ1) is 21.9. The number of likely N-dealkylation sites (tertiary alicyclic amines) is 2. The van der Waals surface area contributed by atoms with Gasteiger partial charge in [-0.1, -0.05) is 6.08 Å². The maximum absolute atomic E-state index is 13.3. The van der Waals surface area contributed by atoms with E-state index in [-0.39, 0.29) is 18.0 Å². The van der Waals surface area contributed by atoms with Gasteiger partial charge in [-0.2, -0.15) is 0 Å². The Morgan fingerprint density at radius 3 is 2.76 bits per heavy atom. The van der Waals surface area contributed by atoms with Gasteiger partial charge in [0.1, 0.15) is 0 Å². The normalized spacial score (nSPS) is 21.6. The van der Waals surface area contributed by atoms with E-state index in [1.165, 1.54) is 25.0 Å². The maximum Gasteiger partial charge on any atom is 0.317 e. The van der Waals surface area contributed by atoms with Crippen LogP contribution in [-0.4, -0.2) is 68.7 Å². The summed E-state index contributed by atoms with van der Waals surface area (Å²) in [6, 6.07) is 5.66. The molecule has 33 heavy (non-hydrogen) atoms. The number of hydrogen-bond donors (Lipinski definition) is 2. The molecule has 2 aromatic rings. The molecule has 1 aromatic carbocycles. The lowest BCUT2D eigenvalue weighted by Crippen LogP contribution is -2.46. The third kappa shape index (κ3) is 4.62. The highest BCUT2D eigenvalue weighted by molar-refractivity contribution is 5.98. The zero-order valence-corrected chi connectivity index (χ0v) is 19.1. The standard InChI is InChI=1S/C25H33N5O3/c31-20-9-13-28(14-10-20)25(33)26-11-15-29-17-27-21-16-19(7-8-23(21)29)24(32)30-12-3-5-18-4-1-2-6-22(18)30/h6-8,16-18,20,31H,1-5,9-15H2,(H,26,33). The highest BCUT2D eigenvalue weighted by atomic mass is 16.3. The molecule has 2 aliphatic heterocycles. The van der Waals surface area contributed by atoms with Crippen LogP contribution < -0.4 is 5.32 Å². The van der Waals surface area contributed by atoms with Crippen LogP contribution >= 0.6 is 0 Å². The molecule has 2 N–H and O–H groups in total. The van der Waals surface area contributed by atoms with E-state index in [2.05, 4.69) is 16.4 Å². The fraction of sp³-hybridized carbons (Fsp3) is 0.560. The maximum atomic E-state index is 13.3. The number of piperidine rings is 2. The predicted octanol–water partition coefficient (Wildman–Crippen LogP) is 3.12. The van der Waals surface area contributed by atoms with Crippen molar-refractivity contribution in [3.8, 4) is 0 Å². The van der Waals surface area contributed by atoms with Gasteiger partial charge in [0.2, 0.25) is 0 Å². The Balaban J connectivity index is 1.22. The van der Waals surface area contributed by atoms with Crippen molar-refractivity contribution in [3.05, 3.63) is 41.9 Å². The summed E-state index contributed by atoms with van der Waals surface area (Å²) in [6.45, 7) is 3.07. The van der Waals surface area contributed by atoms with Crippen molar-refractivity contribution in [2.45, 2.75) is 57.6 Å². The van der Waals surface area contributed by atoms with E-state index >= 15 is 0 Å². The fourth-order valence-electron chi connectivity index (χ4n) is 5.39. The summed E-state index contributed by atoms with van der Waals surface area (Å²) in [5.41, 5.74) is 3.65. The molecule has 8 nitrogen and oxygen atoms in total. The number of nitrogens with zero attached hydrogens (tertiary/aromatic N) is 4. The summed E-state index contributed by atoms with van der Waals surface area (Å²) < 4.78 is 2.00. The zero-order valence-electron chi connectivity index (χ0n) is 19.1. The number of carbonyl (C=O) groups is 2. The van der Waals surface area contributed by atoms with Crippen LogP contribution in [0.5, 0.6) is 0 Å². The summed E-state index contributed by atoms with van der Waals surface area (Å²) >= 11 is 0. The molecule has 0 saturated carbocycles. The number of aliphatic hydroxyl groups is 1. The number of hydrogen-bond acceptors (Lipinski definition) is 4. The molecule has 1 atom stereocenters. The number of rotatable bonds is 4. The molecule has 3 aliphatic rings. The molecule has 1 unspecified atom stereocenters. The molecule has 176 valence electrons. The second kappa shape index (κ2) is 9.55. The van der Waals surface area contributed by atoms with Crippen LogP contribution in [0.1, 0.15) is 55.3 Å². The molecule has 0 spiro atoms. The third-order valence-electron chi connectivity index (χ3n) is 7.27. The van der Waals surface area contributed by atoms with Crippen LogP contribution in [0.3, 0.4) is 0 Å². The van der Waals surface area contributed by atoms with E-state index in [1.54, 1.807) is 11.2 Å². The molecule has 0 bridgehead atoms. The Morgan fingerprint density at radius 1 is 1.09 bits per heavy atom. The van der Waals surface area contributed by atoms with Crippen molar-refractivity contribution >= 4 is 23.0 Å². The number of amides is 3. The summed E-state index contributed by atoms with van der Waals surface area (Å²) in [5.74, 6) is 0.604. The summed E-state index contributed by atoms with van der Waals surface area (Å²) in [5, 5.41) is 12.6. The van der Waals surface area contributed by atoms with Crippen molar-refractivity contribution in [1.29, 1.82) is 0 Å². The number of allylic oxidation sites excluding steroid dienone is 2. The molecule has 2 saturated heterocycles. The molecule has 2 fully saturated rings. The molecule has 3 amide bonds. The van der Waals surface area contributed by atoms with Gasteiger partial charge in [-0.25, -0.2) is 9.78 Å². The monoisotopic (exact) mass is 451 g/mol. The lowest BCUT2D eigenvalue weighted by Gasteiger charge is -2.38. The quantitative estimate of drug-likeness (QED) is 0.747. The highest BCUT2D eigenvalue weighted by Crippen LogP contribution is 2.35. The van der Waals surface area contributed by atoms with Crippen LogP contribution in [0.25, 0.3) is 11.0 Å². The Hall–Kier alpha value is -2.87. The van der Waals surface area contributed by atoms with Gasteiger partial charge in [-0.3, -0.25) is 4.79 Å². The van der Waals surface area contributed by atoms with E-state index in [0.717, 1.165) is 30.4 Å². The number of urea groups is 1. The SMILES string of the molecule is O=C(NCCn1cnc2cc(C(=O)N3CCCC4CCCC=C43)ccc21)N1CCC(O)CC1. The van der Waals surface area contributed by atoms with Crippen molar-refractivity contribution in [3.63, 3.8) is 0 Å². The second-order valence-corrected chi connectivity index (χ2v) is 9.45. The molecule has 1 aliphatic carbocycles. The van der Waals surface area contributed by atoms with Crippen molar-refractivity contribution in [1.82, 2.24) is 24.7 Å². The van der Waals surface area contributed by atoms with E-state index in [4.69, 9.17) is 0 Å². The van der Waals surface area contributed by atoms with E-state index in [0.29, 0.717) is 50.5 Å². The van der Waals surface area contributed by atoms with Gasteiger partial charge < -0.3 is 24.8 Å². The van der Waals surface area contributed by atoms with Crippen LogP contribution in [0.15, 0.2) is 36.3 Å². The lowest BCUT2D eigenvalue weighted by atomic mass is 9.84. The van der Waals surface area contributed by atoms with Gasteiger partial charge >= 0.3 is 6.03 Å². The molecule has 8 heteroatoms. The first-order chi connectivity index (χ1) is 16.1.